The molecule has 0 bridgehead atoms. The molecule has 1 nitrogen and oxygen atoms in total. The van der Waals surface area contributed by atoms with E-state index >= 15 is 0 Å². The summed E-state index contributed by atoms with van der Waals surface area (Å²) in [6.45, 7) is 0.915. The molecule has 0 saturated heterocycles. The monoisotopic (exact) mass is 289 g/mol. The number of thioether (sulfide) groups is 1. The van der Waals surface area contributed by atoms with Crippen molar-refractivity contribution in [2.24, 2.45) is 0 Å². The molecule has 1 saturated carbocycles. The third kappa shape index (κ3) is 3.77. The molecule has 1 aromatic heterocycles. The van der Waals surface area contributed by atoms with Crippen molar-refractivity contribution in [1.82, 2.24) is 0 Å². The number of anilines is 1. The molecule has 0 amide bonds. The largest absolute Gasteiger partial charge is 0.381 e. The summed E-state index contributed by atoms with van der Waals surface area (Å²) in [6.07, 6.45) is 5.61. The molecule has 1 fully saturated rings. The van der Waals surface area contributed by atoms with E-state index < -0.39 is 0 Å². The zero-order chi connectivity index (χ0) is 12.9. The number of rotatable bonds is 5. The molecule has 3 heteroatoms. The molecule has 2 aromatic rings. The van der Waals surface area contributed by atoms with Crippen molar-refractivity contribution in [3.8, 4) is 0 Å². The Balaban J connectivity index is 1.53. The first-order valence-electron chi connectivity index (χ1n) is 6.92. The van der Waals surface area contributed by atoms with Crippen molar-refractivity contribution in [3.63, 3.8) is 0 Å². The van der Waals surface area contributed by atoms with Gasteiger partial charge in [-0.3, -0.25) is 0 Å². The van der Waals surface area contributed by atoms with Crippen molar-refractivity contribution < 1.29 is 0 Å². The Kier molecular flexibility index (Phi) is 4.46. The van der Waals surface area contributed by atoms with Crippen molar-refractivity contribution in [3.05, 3.63) is 46.7 Å². The van der Waals surface area contributed by atoms with E-state index in [0.29, 0.717) is 0 Å². The van der Waals surface area contributed by atoms with Gasteiger partial charge in [-0.15, -0.1) is 11.8 Å². The zero-order valence-corrected chi connectivity index (χ0v) is 12.6. The molecule has 0 aliphatic heterocycles. The predicted octanol–water partition coefficient (Wildman–Crippen LogP) is 5.39. The summed E-state index contributed by atoms with van der Waals surface area (Å²) in [4.78, 5) is 1.41. The predicted molar refractivity (Wildman–Crippen MR) is 86.2 cm³/mol. The van der Waals surface area contributed by atoms with Gasteiger partial charge >= 0.3 is 0 Å². The highest BCUT2D eigenvalue weighted by atomic mass is 32.2. The SMILES string of the molecule is c1cc(CNc2ccc(SC3CCCC3)cc2)cs1. The van der Waals surface area contributed by atoms with Gasteiger partial charge in [0.05, 0.1) is 0 Å². The van der Waals surface area contributed by atoms with Crippen LogP contribution >= 0.6 is 23.1 Å². The lowest BCUT2D eigenvalue weighted by Gasteiger charge is -2.10. The molecule has 0 radical (unpaired) electrons. The second-order valence-electron chi connectivity index (χ2n) is 5.03. The Morgan fingerprint density at radius 2 is 1.89 bits per heavy atom. The number of benzene rings is 1. The molecule has 19 heavy (non-hydrogen) atoms. The van der Waals surface area contributed by atoms with Crippen LogP contribution < -0.4 is 5.32 Å². The quantitative estimate of drug-likeness (QED) is 0.791. The van der Waals surface area contributed by atoms with Crippen LogP contribution in [0.5, 0.6) is 0 Å². The maximum Gasteiger partial charge on any atom is 0.0409 e. The van der Waals surface area contributed by atoms with Crippen LogP contribution in [0.4, 0.5) is 5.69 Å². The molecule has 0 atom stereocenters. The minimum absolute atomic E-state index is 0.851. The van der Waals surface area contributed by atoms with Crippen LogP contribution in [0.15, 0.2) is 46.0 Å². The van der Waals surface area contributed by atoms with Crippen LogP contribution in [0.2, 0.25) is 0 Å². The van der Waals surface area contributed by atoms with Gasteiger partial charge in [0.2, 0.25) is 0 Å². The Morgan fingerprint density at radius 3 is 2.58 bits per heavy atom. The van der Waals surface area contributed by atoms with E-state index in [9.17, 15) is 0 Å². The fourth-order valence-electron chi connectivity index (χ4n) is 2.45. The molecular weight excluding hydrogens is 270 g/mol. The van der Waals surface area contributed by atoms with Gasteiger partial charge in [0.25, 0.3) is 0 Å². The van der Waals surface area contributed by atoms with E-state index in [1.165, 1.54) is 41.8 Å². The van der Waals surface area contributed by atoms with Crippen molar-refractivity contribution in [1.29, 1.82) is 0 Å². The van der Waals surface area contributed by atoms with Gasteiger partial charge in [0.1, 0.15) is 0 Å². The number of hydrogen-bond donors (Lipinski definition) is 1. The average molecular weight is 289 g/mol. The molecule has 3 rings (SSSR count). The summed E-state index contributed by atoms with van der Waals surface area (Å²) in [5, 5.41) is 8.63. The van der Waals surface area contributed by atoms with E-state index in [-0.39, 0.29) is 0 Å². The molecule has 1 N–H and O–H groups in total. The van der Waals surface area contributed by atoms with Crippen LogP contribution in [0.25, 0.3) is 0 Å². The summed E-state index contributed by atoms with van der Waals surface area (Å²) in [5.41, 5.74) is 2.57. The molecule has 1 aliphatic rings. The molecule has 100 valence electrons. The average Bonchev–Trinajstić information content (AvgIpc) is 3.11. The first kappa shape index (κ1) is 13.1. The fraction of sp³-hybridized carbons (Fsp3) is 0.375. The Morgan fingerprint density at radius 1 is 1.11 bits per heavy atom. The summed E-state index contributed by atoms with van der Waals surface area (Å²) < 4.78 is 0. The third-order valence-electron chi connectivity index (χ3n) is 3.54. The van der Waals surface area contributed by atoms with Gasteiger partial charge in [0, 0.05) is 22.4 Å². The second kappa shape index (κ2) is 6.49. The minimum atomic E-state index is 0.851. The Labute approximate surface area is 123 Å². The Hall–Kier alpha value is -0.930. The highest BCUT2D eigenvalue weighted by Crippen LogP contribution is 2.34. The van der Waals surface area contributed by atoms with E-state index in [1.807, 2.05) is 11.8 Å². The van der Waals surface area contributed by atoms with Gasteiger partial charge in [0.15, 0.2) is 0 Å². The van der Waals surface area contributed by atoms with Crippen LogP contribution in [0.1, 0.15) is 31.2 Å². The normalized spacial score (nSPS) is 15.8. The Bertz CT molecular complexity index is 484. The smallest absolute Gasteiger partial charge is 0.0409 e. The van der Waals surface area contributed by atoms with Crippen molar-refractivity contribution in [2.75, 3.05) is 5.32 Å². The lowest BCUT2D eigenvalue weighted by atomic mass is 10.3. The summed E-state index contributed by atoms with van der Waals surface area (Å²) in [5.74, 6) is 0. The summed E-state index contributed by atoms with van der Waals surface area (Å²) in [7, 11) is 0. The highest BCUT2D eigenvalue weighted by Gasteiger charge is 2.15. The van der Waals surface area contributed by atoms with Gasteiger partial charge < -0.3 is 5.32 Å². The standard InChI is InChI=1S/C16H19NS2/c1-2-4-15(3-1)19-16-7-5-14(6-8-16)17-11-13-9-10-18-12-13/h5-10,12,15,17H,1-4,11H2. The van der Waals surface area contributed by atoms with Gasteiger partial charge in [-0.2, -0.15) is 11.3 Å². The third-order valence-corrected chi connectivity index (χ3v) is 5.62. The zero-order valence-electron chi connectivity index (χ0n) is 11.0. The van der Waals surface area contributed by atoms with Crippen LogP contribution in [-0.4, -0.2) is 5.25 Å². The number of nitrogens with one attached hydrogen (secondary N) is 1. The number of thiophene rings is 1. The topological polar surface area (TPSA) is 12.0 Å². The molecule has 1 aliphatic carbocycles. The van der Waals surface area contributed by atoms with E-state index in [1.54, 1.807) is 11.3 Å². The van der Waals surface area contributed by atoms with Crippen molar-refractivity contribution in [2.45, 2.75) is 42.4 Å². The van der Waals surface area contributed by atoms with E-state index in [2.05, 4.69) is 46.4 Å². The highest BCUT2D eigenvalue weighted by molar-refractivity contribution is 8.00. The molecule has 1 heterocycles. The first-order chi connectivity index (χ1) is 9.40. The summed E-state index contributed by atoms with van der Waals surface area (Å²) in [6, 6.07) is 11.1. The van der Waals surface area contributed by atoms with Crippen molar-refractivity contribution >= 4 is 28.8 Å². The second-order valence-corrected chi connectivity index (χ2v) is 7.19. The lowest BCUT2D eigenvalue weighted by molar-refractivity contribution is 0.886. The molecule has 0 spiro atoms. The fourth-order valence-corrected chi connectivity index (χ4v) is 4.36. The molecular formula is C16H19NS2. The maximum absolute atomic E-state index is 3.47. The van der Waals surface area contributed by atoms with Gasteiger partial charge in [-0.1, -0.05) is 12.8 Å². The van der Waals surface area contributed by atoms with Gasteiger partial charge in [-0.05, 0) is 59.5 Å². The molecule has 0 unspecified atom stereocenters. The summed E-state index contributed by atoms with van der Waals surface area (Å²) >= 11 is 3.80. The van der Waals surface area contributed by atoms with E-state index in [0.717, 1.165) is 11.8 Å². The lowest BCUT2D eigenvalue weighted by Crippen LogP contribution is -1.98. The number of hydrogen-bond acceptors (Lipinski definition) is 3. The van der Waals surface area contributed by atoms with Crippen LogP contribution in [-0.2, 0) is 6.54 Å². The van der Waals surface area contributed by atoms with Crippen LogP contribution in [0, 0.1) is 0 Å². The maximum atomic E-state index is 3.47. The molecule has 1 aromatic carbocycles. The van der Waals surface area contributed by atoms with Gasteiger partial charge in [-0.25, -0.2) is 0 Å². The minimum Gasteiger partial charge on any atom is -0.381 e. The van der Waals surface area contributed by atoms with Crippen LogP contribution in [0.3, 0.4) is 0 Å². The van der Waals surface area contributed by atoms with E-state index in [4.69, 9.17) is 0 Å². The first-order valence-corrected chi connectivity index (χ1v) is 8.74.